The lowest BCUT2D eigenvalue weighted by Gasteiger charge is -2.18. The van der Waals surface area contributed by atoms with E-state index in [2.05, 4.69) is 10.0 Å². The summed E-state index contributed by atoms with van der Waals surface area (Å²) in [6.45, 7) is 3.57. The first kappa shape index (κ1) is 18.4. The number of benzene rings is 1. The maximum atomic E-state index is 12.2. The molecule has 0 aromatic heterocycles. The van der Waals surface area contributed by atoms with E-state index in [0.717, 1.165) is 11.1 Å². The SMILES string of the molecule is CC(C)[C@H](NC(=O)CNS(=O)(=O)c1ccc2c(c1)COC2)C(=O)O. The fourth-order valence-electron chi connectivity index (χ4n) is 2.30. The van der Waals surface area contributed by atoms with E-state index in [1.807, 2.05) is 0 Å². The minimum atomic E-state index is -3.87. The summed E-state index contributed by atoms with van der Waals surface area (Å²) in [7, 11) is -3.87. The van der Waals surface area contributed by atoms with Crippen molar-refractivity contribution in [2.75, 3.05) is 6.54 Å². The Kier molecular flexibility index (Phi) is 5.58. The van der Waals surface area contributed by atoms with Crippen molar-refractivity contribution >= 4 is 21.9 Å². The zero-order chi connectivity index (χ0) is 17.9. The van der Waals surface area contributed by atoms with Crippen LogP contribution in [0, 0.1) is 5.92 Å². The predicted octanol–water partition coefficient (Wildman–Crippen LogP) is 0.221. The van der Waals surface area contributed by atoms with Crippen LogP contribution in [0.15, 0.2) is 23.1 Å². The molecule has 0 saturated heterocycles. The van der Waals surface area contributed by atoms with Gasteiger partial charge in [0.05, 0.1) is 24.7 Å². The number of rotatable bonds is 7. The van der Waals surface area contributed by atoms with Crippen molar-refractivity contribution < 1.29 is 27.9 Å². The number of carbonyl (C=O) groups excluding carboxylic acids is 1. The second-order valence-electron chi connectivity index (χ2n) is 5.88. The maximum Gasteiger partial charge on any atom is 0.326 e. The van der Waals surface area contributed by atoms with Crippen LogP contribution in [-0.4, -0.2) is 38.0 Å². The Balaban J connectivity index is 2.00. The number of carboxylic acids is 1. The lowest BCUT2D eigenvalue weighted by atomic mass is 10.1. The average molecular weight is 356 g/mol. The molecule has 3 N–H and O–H groups in total. The molecule has 0 bridgehead atoms. The second-order valence-corrected chi connectivity index (χ2v) is 7.64. The summed E-state index contributed by atoms with van der Waals surface area (Å²) in [5.41, 5.74) is 1.74. The molecule has 0 saturated carbocycles. The molecule has 1 aliphatic heterocycles. The van der Waals surface area contributed by atoms with Gasteiger partial charge in [-0.3, -0.25) is 4.79 Å². The van der Waals surface area contributed by atoms with E-state index < -0.39 is 34.5 Å². The van der Waals surface area contributed by atoms with Crippen molar-refractivity contribution in [2.45, 2.75) is 38.0 Å². The fraction of sp³-hybridized carbons (Fsp3) is 0.467. The van der Waals surface area contributed by atoms with Crippen molar-refractivity contribution in [2.24, 2.45) is 5.92 Å². The number of hydrogen-bond donors (Lipinski definition) is 3. The Bertz CT molecular complexity index is 744. The van der Waals surface area contributed by atoms with Crippen LogP contribution in [0.5, 0.6) is 0 Å². The molecule has 1 aromatic rings. The van der Waals surface area contributed by atoms with Crippen molar-refractivity contribution in [3.05, 3.63) is 29.3 Å². The number of carbonyl (C=O) groups is 2. The second kappa shape index (κ2) is 7.29. The third kappa shape index (κ3) is 4.31. The van der Waals surface area contributed by atoms with Crippen molar-refractivity contribution in [1.29, 1.82) is 0 Å². The Morgan fingerprint density at radius 3 is 2.54 bits per heavy atom. The Morgan fingerprint density at radius 1 is 1.25 bits per heavy atom. The third-order valence-corrected chi connectivity index (χ3v) is 5.07. The molecule has 1 atom stereocenters. The standard InChI is InChI=1S/C15H20N2O6S/c1-9(2)14(15(19)20)17-13(18)6-16-24(21,22)12-4-3-10-7-23-8-11(10)5-12/h3-5,9,14,16H,6-8H2,1-2H3,(H,17,18)(H,19,20)/t14-/m0/s1. The Hall–Kier alpha value is -1.97. The van der Waals surface area contributed by atoms with Gasteiger partial charge in [-0.15, -0.1) is 0 Å². The van der Waals surface area contributed by atoms with Gasteiger partial charge in [0.25, 0.3) is 0 Å². The molecule has 9 heteroatoms. The number of aliphatic carboxylic acids is 1. The number of sulfonamides is 1. The summed E-state index contributed by atoms with van der Waals surface area (Å²) in [5.74, 6) is -2.19. The molecule has 1 aliphatic rings. The zero-order valence-electron chi connectivity index (χ0n) is 13.4. The summed E-state index contributed by atoms with van der Waals surface area (Å²) < 4.78 is 31.9. The quantitative estimate of drug-likeness (QED) is 0.642. The molecule has 24 heavy (non-hydrogen) atoms. The third-order valence-electron chi connectivity index (χ3n) is 3.68. The van der Waals surface area contributed by atoms with Gasteiger partial charge in [0.1, 0.15) is 6.04 Å². The first-order valence-electron chi connectivity index (χ1n) is 7.42. The lowest BCUT2D eigenvalue weighted by molar-refractivity contribution is -0.142. The molecule has 0 fully saturated rings. The number of amides is 1. The first-order valence-corrected chi connectivity index (χ1v) is 8.90. The Labute approximate surface area is 140 Å². The number of nitrogens with one attached hydrogen (secondary N) is 2. The zero-order valence-corrected chi connectivity index (χ0v) is 14.2. The van der Waals surface area contributed by atoms with Crippen LogP contribution in [0.1, 0.15) is 25.0 Å². The van der Waals surface area contributed by atoms with Gasteiger partial charge in [0.15, 0.2) is 0 Å². The van der Waals surface area contributed by atoms with E-state index in [1.165, 1.54) is 12.1 Å². The monoisotopic (exact) mass is 356 g/mol. The molecule has 0 spiro atoms. The van der Waals surface area contributed by atoms with Crippen LogP contribution in [0.2, 0.25) is 0 Å². The molecule has 1 amide bonds. The molecular weight excluding hydrogens is 336 g/mol. The minimum absolute atomic E-state index is 0.0400. The molecule has 2 rings (SSSR count). The largest absolute Gasteiger partial charge is 0.480 e. The summed E-state index contributed by atoms with van der Waals surface area (Å²) in [5, 5.41) is 11.3. The molecule has 1 heterocycles. The van der Waals surface area contributed by atoms with E-state index >= 15 is 0 Å². The summed E-state index contributed by atoms with van der Waals surface area (Å²) in [6.07, 6.45) is 0. The molecule has 8 nitrogen and oxygen atoms in total. The van der Waals surface area contributed by atoms with Gasteiger partial charge < -0.3 is 15.2 Å². The molecule has 0 unspecified atom stereocenters. The van der Waals surface area contributed by atoms with Crippen molar-refractivity contribution in [3.63, 3.8) is 0 Å². The Morgan fingerprint density at radius 2 is 1.92 bits per heavy atom. The number of hydrogen-bond acceptors (Lipinski definition) is 5. The summed E-state index contributed by atoms with van der Waals surface area (Å²) >= 11 is 0. The number of carboxylic acid groups (broad SMARTS) is 1. The summed E-state index contributed by atoms with van der Waals surface area (Å²) in [4.78, 5) is 22.9. The number of ether oxygens (including phenoxy) is 1. The van der Waals surface area contributed by atoms with Crippen LogP contribution in [-0.2, 0) is 37.6 Å². The molecular formula is C15H20N2O6S. The number of fused-ring (bicyclic) bond motifs is 1. The van der Waals surface area contributed by atoms with Crippen LogP contribution in [0.25, 0.3) is 0 Å². The van der Waals surface area contributed by atoms with E-state index in [-0.39, 0.29) is 10.8 Å². The van der Waals surface area contributed by atoms with E-state index in [1.54, 1.807) is 19.9 Å². The lowest BCUT2D eigenvalue weighted by Crippen LogP contribution is -2.47. The van der Waals surface area contributed by atoms with Crippen LogP contribution in [0.4, 0.5) is 0 Å². The predicted molar refractivity (Wildman–Crippen MR) is 84.5 cm³/mol. The van der Waals surface area contributed by atoms with Gasteiger partial charge in [-0.25, -0.2) is 17.9 Å². The van der Waals surface area contributed by atoms with Gasteiger partial charge in [-0.1, -0.05) is 19.9 Å². The van der Waals surface area contributed by atoms with Crippen LogP contribution < -0.4 is 10.0 Å². The highest BCUT2D eigenvalue weighted by atomic mass is 32.2. The van der Waals surface area contributed by atoms with Gasteiger partial charge >= 0.3 is 5.97 Å². The maximum absolute atomic E-state index is 12.2. The van der Waals surface area contributed by atoms with Gasteiger partial charge in [0.2, 0.25) is 15.9 Å². The highest BCUT2D eigenvalue weighted by Crippen LogP contribution is 2.22. The van der Waals surface area contributed by atoms with Gasteiger partial charge in [-0.2, -0.15) is 0 Å². The highest BCUT2D eigenvalue weighted by Gasteiger charge is 2.24. The first-order chi connectivity index (χ1) is 11.2. The normalized spacial score (nSPS) is 15.1. The molecule has 132 valence electrons. The van der Waals surface area contributed by atoms with E-state index in [9.17, 15) is 18.0 Å². The minimum Gasteiger partial charge on any atom is -0.480 e. The van der Waals surface area contributed by atoms with Crippen molar-refractivity contribution in [3.8, 4) is 0 Å². The fourth-order valence-corrected chi connectivity index (χ4v) is 3.33. The van der Waals surface area contributed by atoms with Crippen LogP contribution in [0.3, 0.4) is 0 Å². The van der Waals surface area contributed by atoms with E-state index in [0.29, 0.717) is 13.2 Å². The van der Waals surface area contributed by atoms with Gasteiger partial charge in [-0.05, 0) is 29.2 Å². The molecule has 0 aliphatic carbocycles. The molecule has 1 aromatic carbocycles. The van der Waals surface area contributed by atoms with E-state index in [4.69, 9.17) is 9.84 Å². The average Bonchev–Trinajstić information content (AvgIpc) is 2.97. The van der Waals surface area contributed by atoms with Crippen molar-refractivity contribution in [1.82, 2.24) is 10.0 Å². The smallest absolute Gasteiger partial charge is 0.326 e. The topological polar surface area (TPSA) is 122 Å². The summed E-state index contributed by atoms with van der Waals surface area (Å²) in [6, 6.07) is 3.56. The highest BCUT2D eigenvalue weighted by molar-refractivity contribution is 7.89. The van der Waals surface area contributed by atoms with Gasteiger partial charge in [0, 0.05) is 0 Å². The molecule has 0 radical (unpaired) electrons. The van der Waals surface area contributed by atoms with Crippen LogP contribution >= 0.6 is 0 Å².